The Morgan fingerprint density at radius 2 is 1.94 bits per heavy atom. The second kappa shape index (κ2) is 9.36. The molecular formula is C21H27N9S. The van der Waals surface area contributed by atoms with Crippen LogP contribution in [0.1, 0.15) is 27.7 Å². The van der Waals surface area contributed by atoms with E-state index >= 15 is 0 Å². The summed E-state index contributed by atoms with van der Waals surface area (Å²) in [4.78, 5) is 24.8. The van der Waals surface area contributed by atoms with Crippen LogP contribution in [-0.4, -0.2) is 59.6 Å². The molecule has 0 bridgehead atoms. The van der Waals surface area contributed by atoms with E-state index in [2.05, 4.69) is 68.5 Å². The lowest BCUT2D eigenvalue weighted by atomic mass is 10.2. The van der Waals surface area contributed by atoms with Gasteiger partial charge in [0.05, 0.1) is 11.9 Å². The first kappa shape index (κ1) is 21.1. The van der Waals surface area contributed by atoms with Crippen molar-refractivity contribution < 1.29 is 0 Å². The van der Waals surface area contributed by atoms with Crippen LogP contribution in [0.5, 0.6) is 0 Å². The van der Waals surface area contributed by atoms with E-state index in [-0.39, 0.29) is 0 Å². The highest BCUT2D eigenvalue weighted by molar-refractivity contribution is 7.08. The average Bonchev–Trinajstić information content (AvgIpc) is 3.41. The van der Waals surface area contributed by atoms with Crippen LogP contribution in [0.4, 0.5) is 17.6 Å². The van der Waals surface area contributed by atoms with Gasteiger partial charge in [0.2, 0.25) is 5.95 Å². The van der Waals surface area contributed by atoms with Crippen molar-refractivity contribution in [3.63, 3.8) is 0 Å². The lowest BCUT2D eigenvalue weighted by Crippen LogP contribution is -2.40. The molecule has 0 aliphatic heterocycles. The van der Waals surface area contributed by atoms with Gasteiger partial charge in [0.25, 0.3) is 0 Å². The zero-order valence-electron chi connectivity index (χ0n) is 18.1. The fourth-order valence-electron chi connectivity index (χ4n) is 3.56. The smallest absolute Gasteiger partial charge is 0.232 e. The summed E-state index contributed by atoms with van der Waals surface area (Å²) in [5, 5.41) is 10.7. The van der Waals surface area contributed by atoms with Gasteiger partial charge in [-0.05, 0) is 39.1 Å². The normalized spacial score (nSPS) is 11.7. The molecule has 0 saturated heterocycles. The molecule has 0 atom stereocenters. The second-order valence-corrected chi connectivity index (χ2v) is 8.51. The Balaban J connectivity index is 1.66. The Morgan fingerprint density at radius 3 is 2.61 bits per heavy atom. The van der Waals surface area contributed by atoms with Gasteiger partial charge in [-0.2, -0.15) is 21.3 Å². The summed E-state index contributed by atoms with van der Waals surface area (Å²) in [6.07, 6.45) is 6.68. The van der Waals surface area contributed by atoms with E-state index in [4.69, 9.17) is 4.98 Å². The predicted molar refractivity (Wildman–Crippen MR) is 125 cm³/mol. The standard InChI is InChI=1S/C21H27N9S/c1-14(2)29(15(3)4)9-8-24-19-18-20(30(13-25-18)16-5-10-31-12-16)28-21(27-19)26-17-11-22-6-7-23-17/h5-7,10-15H,8-9H2,1-4H3,(H2,23,24,26,27,28). The predicted octanol–water partition coefficient (Wildman–Crippen LogP) is 3.94. The van der Waals surface area contributed by atoms with Gasteiger partial charge in [-0.1, -0.05) is 0 Å². The molecule has 0 amide bonds. The van der Waals surface area contributed by atoms with Crippen LogP contribution in [0, 0.1) is 0 Å². The Bertz CT molecular complexity index is 1100. The van der Waals surface area contributed by atoms with Crippen molar-refractivity contribution in [3.8, 4) is 5.69 Å². The van der Waals surface area contributed by atoms with Crippen molar-refractivity contribution >= 4 is 40.1 Å². The third-order valence-corrected chi connectivity index (χ3v) is 5.64. The largest absolute Gasteiger partial charge is 0.367 e. The SMILES string of the molecule is CC(C)N(CCNc1nc(Nc2cnccn2)nc2c1ncn2-c1ccsc1)C(C)C. The quantitative estimate of drug-likeness (QED) is 0.406. The summed E-state index contributed by atoms with van der Waals surface area (Å²) < 4.78 is 1.97. The molecule has 0 unspecified atom stereocenters. The maximum atomic E-state index is 4.71. The highest BCUT2D eigenvalue weighted by Crippen LogP contribution is 2.25. The summed E-state index contributed by atoms with van der Waals surface area (Å²) in [6.45, 7) is 10.5. The Kier molecular flexibility index (Phi) is 6.38. The van der Waals surface area contributed by atoms with E-state index in [1.54, 1.807) is 36.3 Å². The van der Waals surface area contributed by atoms with Crippen molar-refractivity contribution in [2.75, 3.05) is 23.7 Å². The molecular weight excluding hydrogens is 410 g/mol. The van der Waals surface area contributed by atoms with Gasteiger partial charge in [-0.3, -0.25) is 14.5 Å². The van der Waals surface area contributed by atoms with Crippen molar-refractivity contribution in [1.82, 2.24) is 34.4 Å². The average molecular weight is 438 g/mol. The molecule has 4 rings (SSSR count). The number of aromatic nitrogens is 6. The second-order valence-electron chi connectivity index (χ2n) is 7.73. The maximum absolute atomic E-state index is 4.71. The minimum atomic E-state index is 0.442. The molecule has 162 valence electrons. The summed E-state index contributed by atoms with van der Waals surface area (Å²) in [5.41, 5.74) is 2.48. The van der Waals surface area contributed by atoms with E-state index < -0.39 is 0 Å². The lowest BCUT2D eigenvalue weighted by Gasteiger charge is -2.30. The minimum Gasteiger partial charge on any atom is -0.367 e. The van der Waals surface area contributed by atoms with Gasteiger partial charge in [0.1, 0.15) is 6.33 Å². The third-order valence-electron chi connectivity index (χ3n) is 4.97. The van der Waals surface area contributed by atoms with Crippen LogP contribution in [0.2, 0.25) is 0 Å². The lowest BCUT2D eigenvalue weighted by molar-refractivity contribution is 0.182. The molecule has 4 aromatic heterocycles. The summed E-state index contributed by atoms with van der Waals surface area (Å²) in [7, 11) is 0. The number of hydrogen-bond donors (Lipinski definition) is 2. The van der Waals surface area contributed by atoms with Gasteiger partial charge < -0.3 is 10.6 Å². The number of imidazole rings is 1. The van der Waals surface area contributed by atoms with Gasteiger partial charge in [-0.15, -0.1) is 0 Å². The Hall–Kier alpha value is -3.11. The van der Waals surface area contributed by atoms with Crippen molar-refractivity contribution in [1.29, 1.82) is 0 Å². The monoisotopic (exact) mass is 437 g/mol. The topological polar surface area (TPSA) is 96.7 Å². The van der Waals surface area contributed by atoms with Gasteiger partial charge in [0, 0.05) is 42.9 Å². The first-order valence-corrected chi connectivity index (χ1v) is 11.3. The van der Waals surface area contributed by atoms with Crippen LogP contribution >= 0.6 is 11.3 Å². The Labute approximate surface area is 185 Å². The highest BCUT2D eigenvalue weighted by atomic mass is 32.1. The summed E-state index contributed by atoms with van der Waals surface area (Å²) in [6, 6.07) is 2.98. The molecule has 4 heterocycles. The van der Waals surface area contributed by atoms with Gasteiger partial charge in [0.15, 0.2) is 22.8 Å². The Morgan fingerprint density at radius 1 is 1.10 bits per heavy atom. The molecule has 31 heavy (non-hydrogen) atoms. The van der Waals surface area contributed by atoms with Crippen molar-refractivity contribution in [3.05, 3.63) is 41.7 Å². The van der Waals surface area contributed by atoms with E-state index in [1.165, 1.54) is 0 Å². The number of thiophene rings is 1. The molecule has 9 nitrogen and oxygen atoms in total. The minimum absolute atomic E-state index is 0.442. The van der Waals surface area contributed by atoms with Crippen LogP contribution in [-0.2, 0) is 0 Å². The van der Waals surface area contributed by atoms with E-state index in [0.29, 0.717) is 29.7 Å². The number of rotatable bonds is 9. The zero-order valence-corrected chi connectivity index (χ0v) is 19.0. The van der Waals surface area contributed by atoms with Gasteiger partial charge in [-0.25, -0.2) is 9.97 Å². The summed E-state index contributed by atoms with van der Waals surface area (Å²) >= 11 is 1.63. The molecule has 0 aliphatic carbocycles. The summed E-state index contributed by atoms with van der Waals surface area (Å²) in [5.74, 6) is 1.72. The molecule has 4 aromatic rings. The highest BCUT2D eigenvalue weighted by Gasteiger charge is 2.17. The molecule has 0 fully saturated rings. The molecule has 2 N–H and O–H groups in total. The van der Waals surface area contributed by atoms with Crippen LogP contribution in [0.3, 0.4) is 0 Å². The maximum Gasteiger partial charge on any atom is 0.232 e. The number of anilines is 3. The van der Waals surface area contributed by atoms with Crippen LogP contribution in [0.25, 0.3) is 16.9 Å². The number of hydrogen-bond acceptors (Lipinski definition) is 9. The molecule has 0 saturated carbocycles. The van der Waals surface area contributed by atoms with Crippen LogP contribution < -0.4 is 10.6 Å². The molecule has 0 radical (unpaired) electrons. The van der Waals surface area contributed by atoms with Crippen molar-refractivity contribution in [2.45, 2.75) is 39.8 Å². The fourth-order valence-corrected chi connectivity index (χ4v) is 4.18. The van der Waals surface area contributed by atoms with E-state index in [1.807, 2.05) is 16.0 Å². The number of fused-ring (bicyclic) bond motifs is 1. The molecule has 0 aromatic carbocycles. The first-order valence-electron chi connectivity index (χ1n) is 10.3. The number of nitrogens with one attached hydrogen (secondary N) is 2. The van der Waals surface area contributed by atoms with E-state index in [9.17, 15) is 0 Å². The molecule has 10 heteroatoms. The zero-order chi connectivity index (χ0) is 21.8. The van der Waals surface area contributed by atoms with Crippen LogP contribution in [0.15, 0.2) is 41.7 Å². The first-order chi connectivity index (χ1) is 15.0. The van der Waals surface area contributed by atoms with Crippen molar-refractivity contribution in [2.24, 2.45) is 0 Å². The number of nitrogens with zero attached hydrogens (tertiary/aromatic N) is 7. The fraction of sp³-hybridized carbons (Fsp3) is 0.381. The molecule has 0 spiro atoms. The van der Waals surface area contributed by atoms with E-state index in [0.717, 1.165) is 29.9 Å². The third kappa shape index (κ3) is 4.80. The molecule has 0 aliphatic rings. The van der Waals surface area contributed by atoms with Gasteiger partial charge >= 0.3 is 0 Å².